The number of carbonyl (C=O) groups excluding carboxylic acids is 2. The molecule has 0 spiro atoms. The molecular formula is C13H15N3O2S. The number of primary amides is 1. The fraction of sp³-hybridized carbons (Fsp3) is 0.385. The first-order valence-corrected chi connectivity index (χ1v) is 7.04. The molecule has 1 fully saturated rings. The number of nitrogens with zero attached hydrogens (tertiary/aromatic N) is 2. The van der Waals surface area contributed by atoms with E-state index in [1.165, 1.54) is 0 Å². The summed E-state index contributed by atoms with van der Waals surface area (Å²) < 4.78 is 0. The minimum atomic E-state index is -0.675. The summed E-state index contributed by atoms with van der Waals surface area (Å²) in [6.07, 6.45) is 0. The van der Waals surface area contributed by atoms with Crippen LogP contribution in [0.4, 0.5) is 15.3 Å². The van der Waals surface area contributed by atoms with Crippen molar-refractivity contribution in [1.29, 1.82) is 0 Å². The van der Waals surface area contributed by atoms with E-state index in [4.69, 9.17) is 5.73 Å². The topological polar surface area (TPSA) is 66.6 Å². The molecule has 1 aromatic rings. The lowest BCUT2D eigenvalue weighted by molar-refractivity contribution is 0.206. The first kappa shape index (κ1) is 12.3. The minimum Gasteiger partial charge on any atom is -0.351 e. The number of fused-ring (bicyclic) bond motifs is 3. The number of hydrogen-bond acceptors (Lipinski definition) is 3. The van der Waals surface area contributed by atoms with Gasteiger partial charge in [0, 0.05) is 10.1 Å². The number of nitrogens with two attached hydrogens (primary N) is 1. The molecule has 0 radical (unpaired) electrons. The van der Waals surface area contributed by atoms with Gasteiger partial charge in [-0.3, -0.25) is 4.90 Å². The average molecular weight is 277 g/mol. The summed E-state index contributed by atoms with van der Waals surface area (Å²) in [5.41, 5.74) is 7.26. The number of urea groups is 2. The first-order valence-electron chi connectivity index (χ1n) is 6.16. The van der Waals surface area contributed by atoms with E-state index in [1.54, 1.807) is 16.7 Å². The van der Waals surface area contributed by atoms with Gasteiger partial charge in [0.25, 0.3) is 0 Å². The molecular weight excluding hydrogens is 262 g/mol. The van der Waals surface area contributed by atoms with E-state index in [9.17, 15) is 9.59 Å². The average Bonchev–Trinajstić information content (AvgIpc) is 2.69. The third-order valence-electron chi connectivity index (χ3n) is 3.63. The maximum Gasteiger partial charge on any atom is 0.333 e. The van der Waals surface area contributed by atoms with Crippen LogP contribution in [0.25, 0.3) is 0 Å². The van der Waals surface area contributed by atoms with E-state index in [-0.39, 0.29) is 17.3 Å². The van der Waals surface area contributed by atoms with Gasteiger partial charge in [-0.2, -0.15) is 0 Å². The van der Waals surface area contributed by atoms with Crippen molar-refractivity contribution in [2.24, 2.45) is 5.73 Å². The molecule has 1 aromatic carbocycles. The van der Waals surface area contributed by atoms with Crippen molar-refractivity contribution in [3.63, 3.8) is 0 Å². The quantitative estimate of drug-likeness (QED) is 0.790. The third kappa shape index (κ3) is 1.78. The van der Waals surface area contributed by atoms with Crippen molar-refractivity contribution < 1.29 is 9.59 Å². The fourth-order valence-corrected chi connectivity index (χ4v) is 3.83. The molecule has 4 amide bonds. The smallest absolute Gasteiger partial charge is 0.333 e. The van der Waals surface area contributed by atoms with Crippen LogP contribution < -0.4 is 10.6 Å². The van der Waals surface area contributed by atoms with E-state index in [1.807, 2.05) is 25.1 Å². The molecule has 0 bridgehead atoms. The van der Waals surface area contributed by atoms with Crippen molar-refractivity contribution >= 4 is 29.5 Å². The molecule has 2 atom stereocenters. The number of carbonyl (C=O) groups is 2. The second kappa shape index (κ2) is 4.16. The molecule has 0 aliphatic carbocycles. The number of amides is 4. The zero-order chi connectivity index (χ0) is 13.7. The van der Waals surface area contributed by atoms with Gasteiger partial charge in [0.15, 0.2) is 0 Å². The van der Waals surface area contributed by atoms with E-state index in [0.717, 1.165) is 21.0 Å². The summed E-state index contributed by atoms with van der Waals surface area (Å²) in [6, 6.07) is 5.07. The summed E-state index contributed by atoms with van der Waals surface area (Å²) in [5.74, 6) is 0. The van der Waals surface area contributed by atoms with E-state index < -0.39 is 6.03 Å². The van der Waals surface area contributed by atoms with Gasteiger partial charge in [-0.1, -0.05) is 13.0 Å². The monoisotopic (exact) mass is 277 g/mol. The largest absolute Gasteiger partial charge is 0.351 e. The van der Waals surface area contributed by atoms with Gasteiger partial charge in [0.1, 0.15) is 0 Å². The zero-order valence-electron chi connectivity index (χ0n) is 10.8. The molecule has 6 heteroatoms. The number of rotatable bonds is 0. The lowest BCUT2D eigenvalue weighted by Crippen LogP contribution is -2.43. The van der Waals surface area contributed by atoms with Gasteiger partial charge in [-0.05, 0) is 24.6 Å². The van der Waals surface area contributed by atoms with Crippen LogP contribution in [0, 0.1) is 6.92 Å². The maximum absolute atomic E-state index is 12.3. The molecule has 100 valence electrons. The normalized spacial score (nSPS) is 25.3. The Morgan fingerprint density at radius 1 is 1.47 bits per heavy atom. The molecule has 3 rings (SSSR count). The summed E-state index contributed by atoms with van der Waals surface area (Å²) in [5, 5.41) is 0.239. The predicted octanol–water partition coefficient (Wildman–Crippen LogP) is 2.18. The van der Waals surface area contributed by atoms with Gasteiger partial charge < -0.3 is 5.73 Å². The number of anilines is 1. The maximum atomic E-state index is 12.3. The second-order valence-electron chi connectivity index (χ2n) is 4.96. The highest BCUT2D eigenvalue weighted by atomic mass is 32.2. The number of thioether (sulfide) groups is 1. The van der Waals surface area contributed by atoms with Crippen LogP contribution in [0.3, 0.4) is 0 Å². The van der Waals surface area contributed by atoms with E-state index in [0.29, 0.717) is 6.54 Å². The van der Waals surface area contributed by atoms with Gasteiger partial charge in [-0.15, -0.1) is 11.8 Å². The van der Waals surface area contributed by atoms with Crippen LogP contribution in [0.5, 0.6) is 0 Å². The molecule has 1 saturated heterocycles. The molecule has 2 unspecified atom stereocenters. The Hall–Kier alpha value is -1.69. The van der Waals surface area contributed by atoms with Crippen molar-refractivity contribution in [1.82, 2.24) is 4.90 Å². The summed E-state index contributed by atoms with van der Waals surface area (Å²) in [4.78, 5) is 27.6. The van der Waals surface area contributed by atoms with Gasteiger partial charge >= 0.3 is 12.1 Å². The van der Waals surface area contributed by atoms with Gasteiger partial charge in [0.05, 0.1) is 18.3 Å². The van der Waals surface area contributed by atoms with Crippen LogP contribution in [0.2, 0.25) is 0 Å². The van der Waals surface area contributed by atoms with Gasteiger partial charge in [-0.25, -0.2) is 14.5 Å². The highest BCUT2D eigenvalue weighted by Gasteiger charge is 2.46. The van der Waals surface area contributed by atoms with Crippen LogP contribution in [0.1, 0.15) is 12.5 Å². The summed E-state index contributed by atoms with van der Waals surface area (Å²) in [7, 11) is 0. The predicted molar refractivity (Wildman–Crippen MR) is 74.5 cm³/mol. The Balaban J connectivity index is 2.09. The van der Waals surface area contributed by atoms with Gasteiger partial charge in [0.2, 0.25) is 0 Å². The Kier molecular flexibility index (Phi) is 2.70. The van der Waals surface area contributed by atoms with Crippen molar-refractivity contribution in [3.05, 3.63) is 23.8 Å². The highest BCUT2D eigenvalue weighted by molar-refractivity contribution is 8.00. The first-order chi connectivity index (χ1) is 8.99. The Labute approximate surface area is 115 Å². The number of benzene rings is 1. The van der Waals surface area contributed by atoms with Crippen LogP contribution in [-0.2, 0) is 0 Å². The molecule has 2 heterocycles. The Morgan fingerprint density at radius 2 is 2.21 bits per heavy atom. The van der Waals surface area contributed by atoms with E-state index in [2.05, 4.69) is 6.92 Å². The van der Waals surface area contributed by atoms with Crippen molar-refractivity contribution in [3.8, 4) is 0 Å². The van der Waals surface area contributed by atoms with Crippen LogP contribution >= 0.6 is 11.8 Å². The number of aryl methyl sites for hydroxylation is 1. The summed E-state index contributed by atoms with van der Waals surface area (Å²) >= 11 is 1.74. The second-order valence-corrected chi connectivity index (χ2v) is 6.38. The molecule has 2 aliphatic rings. The SMILES string of the molecule is Cc1ccc2c(c1)N1C(=O)N(C(N)=O)CC1C(C)S2. The molecule has 19 heavy (non-hydrogen) atoms. The third-order valence-corrected chi connectivity index (χ3v) is 4.92. The molecule has 2 N–H and O–H groups in total. The molecule has 0 aromatic heterocycles. The fourth-order valence-electron chi connectivity index (χ4n) is 2.64. The standard InChI is InChI=1S/C13H15N3O2S/c1-7-3-4-11-9(5-7)16-10(8(2)19-11)6-15(12(14)17)13(16)18/h3-5,8,10H,6H2,1-2H3,(H2,14,17). The van der Waals surface area contributed by atoms with E-state index >= 15 is 0 Å². The number of hydrogen-bond donors (Lipinski definition) is 1. The Morgan fingerprint density at radius 3 is 2.89 bits per heavy atom. The lowest BCUT2D eigenvalue weighted by Gasteiger charge is -2.34. The molecule has 2 aliphatic heterocycles. The number of imide groups is 1. The molecule has 0 saturated carbocycles. The van der Waals surface area contributed by atoms with Crippen molar-refractivity contribution in [2.75, 3.05) is 11.4 Å². The van der Waals surface area contributed by atoms with Crippen LogP contribution in [-0.4, -0.2) is 34.8 Å². The van der Waals surface area contributed by atoms with Crippen molar-refractivity contribution in [2.45, 2.75) is 30.0 Å². The summed E-state index contributed by atoms with van der Waals surface area (Å²) in [6.45, 7) is 4.43. The Bertz CT molecular complexity index is 575. The zero-order valence-corrected chi connectivity index (χ0v) is 11.6. The molecule has 5 nitrogen and oxygen atoms in total. The highest BCUT2D eigenvalue weighted by Crippen LogP contribution is 2.44. The van der Waals surface area contributed by atoms with Crippen LogP contribution in [0.15, 0.2) is 23.1 Å². The lowest BCUT2D eigenvalue weighted by atomic mass is 10.1. The minimum absolute atomic E-state index is 0.000648.